The van der Waals surface area contributed by atoms with E-state index in [4.69, 9.17) is 5.73 Å². The van der Waals surface area contributed by atoms with Crippen molar-refractivity contribution in [3.63, 3.8) is 0 Å². The molecule has 20 heavy (non-hydrogen) atoms. The first-order valence-electron chi connectivity index (χ1n) is 5.75. The average Bonchev–Trinajstić information content (AvgIpc) is 2.67. The van der Waals surface area contributed by atoms with Gasteiger partial charge in [-0.1, -0.05) is 0 Å². The molecule has 1 unspecified atom stereocenters. The Hall–Kier alpha value is -1.74. The van der Waals surface area contributed by atoms with Gasteiger partial charge in [-0.25, -0.2) is 17.2 Å². The van der Waals surface area contributed by atoms with Crippen molar-refractivity contribution in [3.8, 4) is 0 Å². The van der Waals surface area contributed by atoms with Gasteiger partial charge in [0.1, 0.15) is 22.4 Å². The molecular weight excluding hydrogens is 292 g/mol. The van der Waals surface area contributed by atoms with E-state index >= 15 is 0 Å². The molecule has 9 heteroatoms. The third-order valence-electron chi connectivity index (χ3n) is 3.11. The largest absolute Gasteiger partial charge is 0.394 e. The molecule has 1 saturated heterocycles. The van der Waals surface area contributed by atoms with Crippen molar-refractivity contribution in [2.24, 2.45) is 0 Å². The Labute approximate surface area is 114 Å². The van der Waals surface area contributed by atoms with Crippen LogP contribution < -0.4 is 10.5 Å². The number of rotatable bonds is 3. The Morgan fingerprint density at radius 3 is 2.60 bits per heavy atom. The van der Waals surface area contributed by atoms with Gasteiger partial charge in [-0.05, 0) is 18.6 Å². The lowest BCUT2D eigenvalue weighted by molar-refractivity contribution is -0.127. The average molecular weight is 305 g/mol. The van der Waals surface area contributed by atoms with Gasteiger partial charge < -0.3 is 10.6 Å². The number of likely N-dealkylation sites (tertiary alicyclic amines) is 1. The number of hydrogen-bond acceptors (Lipinski definition) is 4. The van der Waals surface area contributed by atoms with Gasteiger partial charge in [0, 0.05) is 13.6 Å². The molecule has 1 amide bonds. The maximum atomic E-state index is 13.7. The van der Waals surface area contributed by atoms with Crippen molar-refractivity contribution in [1.29, 1.82) is 0 Å². The van der Waals surface area contributed by atoms with Crippen LogP contribution in [0.5, 0.6) is 0 Å². The van der Waals surface area contributed by atoms with Gasteiger partial charge in [0.2, 0.25) is 15.9 Å². The number of nitrogens with zero attached hydrogens (tertiary/aromatic N) is 1. The van der Waals surface area contributed by atoms with Gasteiger partial charge in [0.25, 0.3) is 0 Å². The first kappa shape index (κ1) is 14.7. The summed E-state index contributed by atoms with van der Waals surface area (Å²) >= 11 is 0. The van der Waals surface area contributed by atoms with Gasteiger partial charge in [-0.3, -0.25) is 4.79 Å². The van der Waals surface area contributed by atoms with Crippen LogP contribution in [0.25, 0.3) is 0 Å². The summed E-state index contributed by atoms with van der Waals surface area (Å²) in [5.41, 5.74) is 4.25. The number of hydrogen-bond donors (Lipinski definition) is 2. The lowest BCUT2D eigenvalue weighted by atomic mass is 10.3. The van der Waals surface area contributed by atoms with Gasteiger partial charge >= 0.3 is 0 Å². The van der Waals surface area contributed by atoms with Crippen LogP contribution >= 0.6 is 0 Å². The van der Waals surface area contributed by atoms with Gasteiger partial charge in [0.05, 0.1) is 0 Å². The minimum absolute atomic E-state index is 0.285. The van der Waals surface area contributed by atoms with E-state index in [0.29, 0.717) is 6.54 Å². The number of benzene rings is 1. The first-order valence-corrected chi connectivity index (χ1v) is 7.23. The number of carbonyl (C=O) groups excluding carboxylic acids is 1. The molecule has 0 bridgehead atoms. The normalized spacial score (nSPS) is 19.6. The summed E-state index contributed by atoms with van der Waals surface area (Å²) in [6.07, 6.45) is 0.285. The highest BCUT2D eigenvalue weighted by atomic mass is 32.2. The summed E-state index contributed by atoms with van der Waals surface area (Å²) in [5, 5.41) is 0. The van der Waals surface area contributed by atoms with Gasteiger partial charge in [0.15, 0.2) is 5.82 Å². The van der Waals surface area contributed by atoms with E-state index in [2.05, 4.69) is 4.72 Å². The highest BCUT2D eigenvalue weighted by Gasteiger charge is 2.34. The molecule has 1 aromatic rings. The SMILES string of the molecule is CN1CCC(NS(=O)(=O)c2ccc(F)c(N)c2F)C1=O. The third-order valence-corrected chi connectivity index (χ3v) is 4.59. The second-order valence-electron chi connectivity index (χ2n) is 4.50. The zero-order chi connectivity index (χ0) is 15.1. The smallest absolute Gasteiger partial charge is 0.244 e. The number of nitrogen functional groups attached to an aromatic ring is 1. The van der Waals surface area contributed by atoms with Crippen molar-refractivity contribution in [2.75, 3.05) is 19.3 Å². The summed E-state index contributed by atoms with van der Waals surface area (Å²) in [6.45, 7) is 0.403. The molecule has 1 aromatic carbocycles. The minimum atomic E-state index is -4.29. The molecule has 1 heterocycles. The lowest BCUT2D eigenvalue weighted by Gasteiger charge is -2.13. The molecule has 0 spiro atoms. The van der Waals surface area contributed by atoms with E-state index in [1.807, 2.05) is 0 Å². The van der Waals surface area contributed by atoms with E-state index in [-0.39, 0.29) is 6.42 Å². The predicted octanol–water partition coefficient (Wildman–Crippen LogP) is 0.0560. The van der Waals surface area contributed by atoms with E-state index < -0.39 is 44.2 Å². The van der Waals surface area contributed by atoms with Gasteiger partial charge in [-0.15, -0.1) is 0 Å². The molecule has 1 fully saturated rings. The minimum Gasteiger partial charge on any atom is -0.394 e. The number of nitrogens with two attached hydrogens (primary N) is 1. The Morgan fingerprint density at radius 1 is 1.40 bits per heavy atom. The Kier molecular flexibility index (Phi) is 3.65. The molecular formula is C11H13F2N3O3S. The standard InChI is InChI=1S/C11H13F2N3O3S/c1-16-5-4-7(11(16)17)15-20(18,19)8-3-2-6(12)10(14)9(8)13/h2-3,7,15H,4-5,14H2,1H3. The molecule has 110 valence electrons. The van der Waals surface area contributed by atoms with Crippen LogP contribution in [0.2, 0.25) is 0 Å². The van der Waals surface area contributed by atoms with E-state index in [1.165, 1.54) is 11.9 Å². The maximum absolute atomic E-state index is 13.7. The monoisotopic (exact) mass is 305 g/mol. The topological polar surface area (TPSA) is 92.5 Å². The number of halogens is 2. The van der Waals surface area contributed by atoms with Crippen molar-refractivity contribution in [3.05, 3.63) is 23.8 Å². The summed E-state index contributed by atoms with van der Waals surface area (Å²) < 4.78 is 52.9. The number of amides is 1. The molecule has 3 N–H and O–H groups in total. The zero-order valence-electron chi connectivity index (χ0n) is 10.6. The van der Waals surface area contributed by atoms with Crippen LogP contribution in [0.4, 0.5) is 14.5 Å². The third kappa shape index (κ3) is 2.46. The van der Waals surface area contributed by atoms with Crippen molar-refractivity contribution in [2.45, 2.75) is 17.4 Å². The Morgan fingerprint density at radius 2 is 2.05 bits per heavy atom. The molecule has 0 aromatic heterocycles. The Balaban J connectivity index is 2.32. The fraction of sp³-hybridized carbons (Fsp3) is 0.364. The quantitative estimate of drug-likeness (QED) is 0.772. The summed E-state index contributed by atoms with van der Waals surface area (Å²) in [6, 6.07) is 0.581. The maximum Gasteiger partial charge on any atom is 0.244 e. The number of sulfonamides is 1. The molecule has 1 atom stereocenters. The van der Waals surface area contributed by atoms with Crippen LogP contribution in [-0.2, 0) is 14.8 Å². The van der Waals surface area contributed by atoms with E-state index in [9.17, 15) is 22.0 Å². The summed E-state index contributed by atoms with van der Waals surface area (Å²) in [7, 11) is -2.75. The fourth-order valence-electron chi connectivity index (χ4n) is 1.94. The summed E-state index contributed by atoms with van der Waals surface area (Å²) in [5.74, 6) is -2.81. The van der Waals surface area contributed by atoms with Crippen LogP contribution in [0.1, 0.15) is 6.42 Å². The molecule has 2 rings (SSSR count). The molecule has 1 aliphatic heterocycles. The zero-order valence-corrected chi connectivity index (χ0v) is 11.4. The van der Waals surface area contributed by atoms with Gasteiger partial charge in [-0.2, -0.15) is 4.72 Å². The second-order valence-corrected chi connectivity index (χ2v) is 6.18. The van der Waals surface area contributed by atoms with Crippen molar-refractivity contribution < 1.29 is 22.0 Å². The highest BCUT2D eigenvalue weighted by molar-refractivity contribution is 7.89. The van der Waals surface area contributed by atoms with Crippen LogP contribution in [0, 0.1) is 11.6 Å². The first-order chi connectivity index (χ1) is 9.24. The van der Waals surface area contributed by atoms with Crippen LogP contribution in [0.15, 0.2) is 17.0 Å². The number of anilines is 1. The summed E-state index contributed by atoms with van der Waals surface area (Å²) in [4.78, 5) is 12.2. The predicted molar refractivity (Wildman–Crippen MR) is 67.1 cm³/mol. The van der Waals surface area contributed by atoms with E-state index in [0.717, 1.165) is 12.1 Å². The van der Waals surface area contributed by atoms with Crippen LogP contribution in [0.3, 0.4) is 0 Å². The van der Waals surface area contributed by atoms with E-state index in [1.54, 1.807) is 0 Å². The molecule has 6 nitrogen and oxygen atoms in total. The second kappa shape index (κ2) is 4.98. The molecule has 0 saturated carbocycles. The number of carbonyl (C=O) groups is 1. The van der Waals surface area contributed by atoms with Crippen molar-refractivity contribution >= 4 is 21.6 Å². The van der Waals surface area contributed by atoms with Crippen molar-refractivity contribution in [1.82, 2.24) is 9.62 Å². The van der Waals surface area contributed by atoms with Crippen LogP contribution in [-0.4, -0.2) is 38.9 Å². The molecule has 0 aliphatic carbocycles. The fourth-order valence-corrected chi connectivity index (χ4v) is 3.25. The molecule has 1 aliphatic rings. The lowest BCUT2D eigenvalue weighted by Crippen LogP contribution is -2.40. The highest BCUT2D eigenvalue weighted by Crippen LogP contribution is 2.23. The Bertz CT molecular complexity index is 663. The number of nitrogens with one attached hydrogen (secondary N) is 1. The molecule has 0 radical (unpaired) electrons. The number of likely N-dealkylation sites (N-methyl/N-ethyl adjacent to an activating group) is 1.